The second-order valence-corrected chi connectivity index (χ2v) is 14.9. The minimum atomic E-state index is -0.543. The fourth-order valence-electron chi connectivity index (χ4n) is 6.56. The second kappa shape index (κ2) is 28.6. The molecule has 0 spiro atoms. The highest BCUT2D eigenvalue weighted by Crippen LogP contribution is 2.29. The van der Waals surface area contributed by atoms with Gasteiger partial charge in [0, 0.05) is 23.9 Å². The topological polar surface area (TPSA) is 77.4 Å². The standard InChI is InChI=1S/C48H71NO5/c1-4-7-10-12-14-16-18-20-22-24-35-52-43-33-34-45(47(38-43)53-36-25-23-21-19-17-15-13-11-8-5-2)48(51)54-44-32-29-41(46(50)37-44)39-49-42-30-27-40(28-31-42)26-9-6-3/h27-34,37-39,50H,4-26,35-36H2,1-3H3. The first-order valence-electron chi connectivity index (χ1n) is 21.6. The van der Waals surface area contributed by atoms with Crippen molar-refractivity contribution in [2.45, 2.75) is 168 Å². The van der Waals surface area contributed by atoms with Gasteiger partial charge in [0.2, 0.25) is 0 Å². The van der Waals surface area contributed by atoms with Crippen molar-refractivity contribution < 1.29 is 24.1 Å². The summed E-state index contributed by atoms with van der Waals surface area (Å²) in [6.45, 7) is 7.87. The fraction of sp³-hybridized carbons (Fsp3) is 0.583. The number of aryl methyl sites for hydroxylation is 1. The maximum Gasteiger partial charge on any atom is 0.347 e. The van der Waals surface area contributed by atoms with Gasteiger partial charge in [0.1, 0.15) is 28.6 Å². The monoisotopic (exact) mass is 742 g/mol. The van der Waals surface area contributed by atoms with Gasteiger partial charge in [-0.2, -0.15) is 0 Å². The number of aromatic hydroxyl groups is 1. The molecule has 54 heavy (non-hydrogen) atoms. The third kappa shape index (κ3) is 19.0. The first-order valence-corrected chi connectivity index (χ1v) is 21.6. The molecule has 0 unspecified atom stereocenters. The van der Waals surface area contributed by atoms with Gasteiger partial charge in [0.25, 0.3) is 0 Å². The summed E-state index contributed by atoms with van der Waals surface area (Å²) >= 11 is 0. The number of aliphatic imine (C=N–C) groups is 1. The number of phenolic OH excluding ortho intramolecular Hbond substituents is 1. The van der Waals surface area contributed by atoms with Gasteiger partial charge in [-0.05, 0) is 67.6 Å². The van der Waals surface area contributed by atoms with Crippen LogP contribution in [0.3, 0.4) is 0 Å². The van der Waals surface area contributed by atoms with Crippen molar-refractivity contribution in [3.8, 4) is 23.0 Å². The van der Waals surface area contributed by atoms with Gasteiger partial charge in [0.05, 0.1) is 18.9 Å². The maximum atomic E-state index is 13.5. The number of ether oxygens (including phenoxy) is 3. The van der Waals surface area contributed by atoms with E-state index in [4.69, 9.17) is 14.2 Å². The SMILES string of the molecule is CCCCCCCCCCCCOc1ccc(C(=O)Oc2ccc(C=Nc3ccc(CCCC)cc3)c(O)c2)c(OCCCCCCCCCCCC)c1. The Bertz CT molecular complexity index is 1450. The summed E-state index contributed by atoms with van der Waals surface area (Å²) in [5, 5.41) is 10.7. The van der Waals surface area contributed by atoms with Crippen LogP contribution >= 0.6 is 0 Å². The van der Waals surface area contributed by atoms with Crippen molar-refractivity contribution in [3.63, 3.8) is 0 Å². The van der Waals surface area contributed by atoms with E-state index in [1.807, 2.05) is 24.3 Å². The van der Waals surface area contributed by atoms with Crippen LogP contribution < -0.4 is 14.2 Å². The molecule has 3 aromatic rings. The number of hydrogen-bond donors (Lipinski definition) is 1. The molecule has 298 valence electrons. The maximum absolute atomic E-state index is 13.5. The van der Waals surface area contributed by atoms with E-state index in [0.717, 1.165) is 37.8 Å². The Morgan fingerprint density at radius 3 is 1.65 bits per heavy atom. The third-order valence-corrected chi connectivity index (χ3v) is 10.0. The summed E-state index contributed by atoms with van der Waals surface area (Å²) in [6, 6.07) is 18.3. The number of unbranched alkanes of at least 4 members (excludes halogenated alkanes) is 19. The predicted molar refractivity (Wildman–Crippen MR) is 226 cm³/mol. The molecule has 0 atom stereocenters. The molecule has 0 heterocycles. The molecule has 0 radical (unpaired) electrons. The zero-order chi connectivity index (χ0) is 38.5. The van der Waals surface area contributed by atoms with Crippen LogP contribution in [-0.2, 0) is 6.42 Å². The average Bonchev–Trinajstić information content (AvgIpc) is 3.18. The summed E-state index contributed by atoms with van der Waals surface area (Å²) in [4.78, 5) is 18.0. The van der Waals surface area contributed by atoms with Gasteiger partial charge in [0.15, 0.2) is 0 Å². The number of esters is 1. The molecular weight excluding hydrogens is 671 g/mol. The molecular formula is C48H71NO5. The van der Waals surface area contributed by atoms with Crippen LogP contribution in [0.5, 0.6) is 23.0 Å². The zero-order valence-corrected chi connectivity index (χ0v) is 34.1. The number of carbonyl (C=O) groups is 1. The average molecular weight is 742 g/mol. The summed E-state index contributed by atoms with van der Waals surface area (Å²) in [7, 11) is 0. The van der Waals surface area contributed by atoms with Gasteiger partial charge in [-0.3, -0.25) is 4.99 Å². The van der Waals surface area contributed by atoms with E-state index in [1.165, 1.54) is 127 Å². The minimum Gasteiger partial charge on any atom is -0.507 e. The highest BCUT2D eigenvalue weighted by molar-refractivity contribution is 5.94. The zero-order valence-electron chi connectivity index (χ0n) is 34.1. The molecule has 3 aromatic carbocycles. The molecule has 0 amide bonds. The van der Waals surface area contributed by atoms with Crippen molar-refractivity contribution in [2.75, 3.05) is 13.2 Å². The highest BCUT2D eigenvalue weighted by atomic mass is 16.5. The quantitative estimate of drug-likeness (QED) is 0.0307. The van der Waals surface area contributed by atoms with Gasteiger partial charge in [-0.25, -0.2) is 4.79 Å². The molecule has 0 aliphatic carbocycles. The first-order chi connectivity index (χ1) is 26.5. The van der Waals surface area contributed by atoms with Crippen LogP contribution in [0.25, 0.3) is 0 Å². The van der Waals surface area contributed by atoms with Crippen molar-refractivity contribution >= 4 is 17.9 Å². The molecule has 3 rings (SSSR count). The van der Waals surface area contributed by atoms with Crippen molar-refractivity contribution in [2.24, 2.45) is 4.99 Å². The number of benzene rings is 3. The van der Waals surface area contributed by atoms with E-state index in [2.05, 4.69) is 37.9 Å². The van der Waals surface area contributed by atoms with E-state index in [1.54, 1.807) is 24.4 Å². The summed E-state index contributed by atoms with van der Waals surface area (Å²) in [5.41, 5.74) is 2.98. The summed E-state index contributed by atoms with van der Waals surface area (Å²) in [5.74, 6) is 0.842. The first kappa shape index (κ1) is 44.6. The molecule has 1 N–H and O–H groups in total. The molecule has 6 heteroatoms. The highest BCUT2D eigenvalue weighted by Gasteiger charge is 2.17. The fourth-order valence-corrected chi connectivity index (χ4v) is 6.56. The van der Waals surface area contributed by atoms with Gasteiger partial charge in [-0.15, -0.1) is 0 Å². The molecule has 0 saturated carbocycles. The number of rotatable bonds is 31. The largest absolute Gasteiger partial charge is 0.507 e. The second-order valence-electron chi connectivity index (χ2n) is 14.9. The number of phenols is 1. The van der Waals surface area contributed by atoms with E-state index in [0.29, 0.717) is 35.8 Å². The third-order valence-electron chi connectivity index (χ3n) is 10.0. The molecule has 0 saturated heterocycles. The van der Waals surface area contributed by atoms with Crippen molar-refractivity contribution in [1.29, 1.82) is 0 Å². The number of nitrogens with zero attached hydrogens (tertiary/aromatic N) is 1. The van der Waals surface area contributed by atoms with Crippen LogP contribution in [0, 0.1) is 0 Å². The van der Waals surface area contributed by atoms with Crippen LogP contribution in [0.4, 0.5) is 5.69 Å². The molecule has 0 fully saturated rings. The predicted octanol–water partition coefficient (Wildman–Crippen LogP) is 14.3. The van der Waals surface area contributed by atoms with Crippen LogP contribution in [0.2, 0.25) is 0 Å². The Labute approximate surface area is 328 Å². The van der Waals surface area contributed by atoms with Crippen molar-refractivity contribution in [3.05, 3.63) is 77.4 Å². The lowest BCUT2D eigenvalue weighted by Gasteiger charge is -2.14. The Morgan fingerprint density at radius 1 is 0.574 bits per heavy atom. The number of carbonyl (C=O) groups excluding carboxylic acids is 1. The van der Waals surface area contributed by atoms with Crippen LogP contribution in [0.15, 0.2) is 65.7 Å². The normalized spacial score (nSPS) is 11.3. The number of hydrogen-bond acceptors (Lipinski definition) is 6. The summed E-state index contributed by atoms with van der Waals surface area (Å²) in [6.07, 6.45) is 30.2. The van der Waals surface area contributed by atoms with Gasteiger partial charge >= 0.3 is 5.97 Å². The van der Waals surface area contributed by atoms with Crippen LogP contribution in [-0.4, -0.2) is 30.5 Å². The molecule has 0 aliphatic heterocycles. The Balaban J connectivity index is 1.54. The lowest BCUT2D eigenvalue weighted by molar-refractivity contribution is 0.0729. The minimum absolute atomic E-state index is 0.0169. The Kier molecular flexibility index (Phi) is 23.6. The molecule has 0 aromatic heterocycles. The lowest BCUT2D eigenvalue weighted by atomic mass is 10.1. The van der Waals surface area contributed by atoms with E-state index < -0.39 is 5.97 Å². The van der Waals surface area contributed by atoms with E-state index >= 15 is 0 Å². The van der Waals surface area contributed by atoms with Gasteiger partial charge < -0.3 is 19.3 Å². The Hall–Kier alpha value is -3.80. The smallest absolute Gasteiger partial charge is 0.347 e. The lowest BCUT2D eigenvalue weighted by Crippen LogP contribution is -2.12. The summed E-state index contributed by atoms with van der Waals surface area (Å²) < 4.78 is 18.1. The Morgan fingerprint density at radius 2 is 1.09 bits per heavy atom. The molecule has 0 aliphatic rings. The molecule has 6 nitrogen and oxygen atoms in total. The van der Waals surface area contributed by atoms with E-state index in [9.17, 15) is 9.90 Å². The van der Waals surface area contributed by atoms with Crippen LogP contribution in [0.1, 0.15) is 184 Å². The van der Waals surface area contributed by atoms with Crippen molar-refractivity contribution in [1.82, 2.24) is 0 Å². The van der Waals surface area contributed by atoms with E-state index in [-0.39, 0.29) is 11.5 Å². The molecule has 0 bridgehead atoms. The van der Waals surface area contributed by atoms with Gasteiger partial charge in [-0.1, -0.05) is 155 Å².